The number of fused-ring (bicyclic) bond motifs is 1. The van der Waals surface area contributed by atoms with Crippen LogP contribution in [0.3, 0.4) is 0 Å². The van der Waals surface area contributed by atoms with Gasteiger partial charge in [0, 0.05) is 17.5 Å². The number of hydrogen-bond acceptors (Lipinski definition) is 3. The Bertz CT molecular complexity index is 489. The molecule has 1 aromatic carbocycles. The number of ether oxygens (including phenoxy) is 2. The first-order chi connectivity index (χ1) is 8.46. The Morgan fingerprint density at radius 2 is 2.06 bits per heavy atom. The van der Waals surface area contributed by atoms with E-state index in [9.17, 15) is 4.39 Å². The van der Waals surface area contributed by atoms with Gasteiger partial charge in [-0.1, -0.05) is 0 Å². The van der Waals surface area contributed by atoms with Crippen molar-refractivity contribution in [3.63, 3.8) is 0 Å². The number of rotatable bonds is 3. The largest absolute Gasteiger partial charge is 0.454 e. The lowest BCUT2D eigenvalue weighted by Crippen LogP contribution is -2.21. The maximum atomic E-state index is 14.2. The fourth-order valence-corrected chi connectivity index (χ4v) is 2.48. The van der Waals surface area contributed by atoms with E-state index in [0.717, 1.165) is 24.2 Å². The molecule has 4 heteroatoms. The summed E-state index contributed by atoms with van der Waals surface area (Å²) >= 11 is 0. The second kappa shape index (κ2) is 3.60. The minimum Gasteiger partial charge on any atom is -0.454 e. The van der Waals surface area contributed by atoms with Crippen LogP contribution in [0.4, 0.5) is 4.39 Å². The third kappa shape index (κ3) is 1.67. The minimum atomic E-state index is -1.39. The van der Waals surface area contributed by atoms with Crippen LogP contribution in [-0.2, 0) is 11.1 Å². The maximum Gasteiger partial charge on any atom is 0.231 e. The first-order valence-corrected chi connectivity index (χ1v) is 6.30. The fraction of sp³-hybridized carbons (Fsp3) is 0.571. The van der Waals surface area contributed by atoms with Crippen molar-refractivity contribution in [1.82, 2.24) is 0 Å². The summed E-state index contributed by atoms with van der Waals surface area (Å²) in [6.45, 7) is 3.88. The Morgan fingerprint density at radius 1 is 1.33 bits per heavy atom. The predicted octanol–water partition coefficient (Wildman–Crippen LogP) is 2.61. The lowest BCUT2D eigenvalue weighted by atomic mass is 9.89. The Morgan fingerprint density at radius 3 is 2.61 bits per heavy atom. The number of halogens is 1. The van der Waals surface area contributed by atoms with E-state index in [1.807, 2.05) is 6.07 Å². The van der Waals surface area contributed by atoms with E-state index in [1.165, 1.54) is 0 Å². The van der Waals surface area contributed by atoms with E-state index < -0.39 is 5.67 Å². The van der Waals surface area contributed by atoms with Gasteiger partial charge >= 0.3 is 0 Å². The molecule has 1 fully saturated rings. The summed E-state index contributed by atoms with van der Waals surface area (Å²) in [7, 11) is 0. The van der Waals surface area contributed by atoms with Gasteiger partial charge in [-0.25, -0.2) is 4.39 Å². The molecule has 0 radical (unpaired) electrons. The average Bonchev–Trinajstić information content (AvgIpc) is 2.97. The normalized spacial score (nSPS) is 20.0. The standard InChI is InChI=1S/C14H18FNO2/c1-13(2,15)9-5-10(14(7-16)3-4-14)12-11(6-9)17-8-18-12/h5-6H,3-4,7-8,16H2,1-2H3. The van der Waals surface area contributed by atoms with E-state index in [2.05, 4.69) is 0 Å². The minimum absolute atomic E-state index is 0.0287. The molecule has 1 aromatic rings. The lowest BCUT2D eigenvalue weighted by Gasteiger charge is -2.21. The molecule has 1 saturated carbocycles. The molecule has 3 nitrogen and oxygen atoms in total. The van der Waals surface area contributed by atoms with Crippen molar-refractivity contribution in [2.24, 2.45) is 5.73 Å². The van der Waals surface area contributed by atoms with Crippen molar-refractivity contribution in [3.05, 3.63) is 23.3 Å². The van der Waals surface area contributed by atoms with Gasteiger partial charge in [0.05, 0.1) is 0 Å². The van der Waals surface area contributed by atoms with Gasteiger partial charge in [-0.3, -0.25) is 0 Å². The van der Waals surface area contributed by atoms with Crippen molar-refractivity contribution in [2.75, 3.05) is 13.3 Å². The van der Waals surface area contributed by atoms with Crippen LogP contribution in [0.5, 0.6) is 11.5 Å². The number of benzene rings is 1. The summed E-state index contributed by atoms with van der Waals surface area (Å²) in [5.74, 6) is 1.40. The van der Waals surface area contributed by atoms with E-state index in [1.54, 1.807) is 19.9 Å². The number of nitrogens with two attached hydrogens (primary N) is 1. The van der Waals surface area contributed by atoms with Crippen LogP contribution in [-0.4, -0.2) is 13.3 Å². The molecule has 0 aromatic heterocycles. The van der Waals surface area contributed by atoms with Gasteiger partial charge in [-0.2, -0.15) is 0 Å². The van der Waals surface area contributed by atoms with Gasteiger partial charge in [-0.15, -0.1) is 0 Å². The zero-order valence-electron chi connectivity index (χ0n) is 10.8. The summed E-state index contributed by atoms with van der Waals surface area (Å²) in [5, 5.41) is 0. The van der Waals surface area contributed by atoms with Crippen LogP contribution in [0, 0.1) is 0 Å². The molecule has 0 saturated heterocycles. The van der Waals surface area contributed by atoms with Gasteiger partial charge in [0.1, 0.15) is 5.67 Å². The summed E-state index contributed by atoms with van der Waals surface area (Å²) in [4.78, 5) is 0. The lowest BCUT2D eigenvalue weighted by molar-refractivity contribution is 0.172. The van der Waals surface area contributed by atoms with Crippen LogP contribution in [0.25, 0.3) is 0 Å². The second-order valence-corrected chi connectivity index (χ2v) is 5.71. The highest BCUT2D eigenvalue weighted by Crippen LogP contribution is 2.54. The molecule has 0 bridgehead atoms. The summed E-state index contributed by atoms with van der Waals surface area (Å²) < 4.78 is 25.1. The molecule has 2 aliphatic rings. The Kier molecular flexibility index (Phi) is 2.36. The van der Waals surface area contributed by atoms with Gasteiger partial charge in [0.25, 0.3) is 0 Å². The summed E-state index contributed by atoms with van der Waals surface area (Å²) in [6, 6.07) is 3.63. The molecule has 0 unspecified atom stereocenters. The quantitative estimate of drug-likeness (QED) is 0.898. The molecule has 98 valence electrons. The third-order valence-electron chi connectivity index (χ3n) is 3.97. The zero-order chi connectivity index (χ0) is 13.0. The first-order valence-electron chi connectivity index (χ1n) is 6.30. The van der Waals surface area contributed by atoms with Crippen LogP contribution < -0.4 is 15.2 Å². The maximum absolute atomic E-state index is 14.2. The van der Waals surface area contributed by atoms with E-state index >= 15 is 0 Å². The van der Waals surface area contributed by atoms with Crippen LogP contribution in [0.15, 0.2) is 12.1 Å². The van der Waals surface area contributed by atoms with Gasteiger partial charge < -0.3 is 15.2 Å². The topological polar surface area (TPSA) is 44.5 Å². The van der Waals surface area contributed by atoms with E-state index in [-0.39, 0.29) is 12.2 Å². The van der Waals surface area contributed by atoms with E-state index in [4.69, 9.17) is 15.2 Å². The van der Waals surface area contributed by atoms with Crippen LogP contribution >= 0.6 is 0 Å². The van der Waals surface area contributed by atoms with Crippen LogP contribution in [0.1, 0.15) is 37.8 Å². The fourth-order valence-electron chi connectivity index (χ4n) is 2.48. The van der Waals surface area contributed by atoms with Crippen molar-refractivity contribution in [1.29, 1.82) is 0 Å². The van der Waals surface area contributed by atoms with E-state index in [0.29, 0.717) is 17.9 Å². The van der Waals surface area contributed by atoms with Gasteiger partial charge in [-0.05, 0) is 44.4 Å². The van der Waals surface area contributed by atoms with Crippen LogP contribution in [0.2, 0.25) is 0 Å². The Labute approximate surface area is 106 Å². The third-order valence-corrected chi connectivity index (χ3v) is 3.97. The number of alkyl halides is 1. The molecule has 0 amide bonds. The predicted molar refractivity (Wildman–Crippen MR) is 66.7 cm³/mol. The SMILES string of the molecule is CC(C)(F)c1cc2c(c(C3(CN)CC3)c1)OCO2. The highest BCUT2D eigenvalue weighted by molar-refractivity contribution is 5.56. The molecular formula is C14H18FNO2. The van der Waals surface area contributed by atoms with Gasteiger partial charge in [0.2, 0.25) is 6.79 Å². The molecule has 18 heavy (non-hydrogen) atoms. The van der Waals surface area contributed by atoms with Crippen molar-refractivity contribution in [3.8, 4) is 11.5 Å². The van der Waals surface area contributed by atoms with Crippen molar-refractivity contribution < 1.29 is 13.9 Å². The summed E-state index contributed by atoms with van der Waals surface area (Å²) in [6.07, 6.45) is 2.07. The molecule has 2 N–H and O–H groups in total. The van der Waals surface area contributed by atoms with Gasteiger partial charge in [0.15, 0.2) is 11.5 Å². The molecule has 1 aliphatic carbocycles. The molecule has 0 atom stereocenters. The molecule has 0 spiro atoms. The average molecular weight is 251 g/mol. The highest BCUT2D eigenvalue weighted by Gasteiger charge is 2.47. The molecule has 1 aliphatic heterocycles. The second-order valence-electron chi connectivity index (χ2n) is 5.71. The molecule has 1 heterocycles. The monoisotopic (exact) mass is 251 g/mol. The van der Waals surface area contributed by atoms with Crippen molar-refractivity contribution >= 4 is 0 Å². The highest BCUT2D eigenvalue weighted by atomic mass is 19.1. The Hall–Kier alpha value is -1.29. The molecule has 3 rings (SSSR count). The summed E-state index contributed by atoms with van der Waals surface area (Å²) in [5.41, 5.74) is 6.09. The Balaban J connectivity index is 2.15. The van der Waals surface area contributed by atoms with Crippen molar-refractivity contribution in [2.45, 2.75) is 37.8 Å². The molecular weight excluding hydrogens is 233 g/mol. The smallest absolute Gasteiger partial charge is 0.231 e. The zero-order valence-corrected chi connectivity index (χ0v) is 10.8. The number of hydrogen-bond donors (Lipinski definition) is 1. The first kappa shape index (κ1) is 11.8.